The van der Waals surface area contributed by atoms with E-state index in [1.807, 2.05) is 19.9 Å². The minimum atomic E-state index is -0.481. The van der Waals surface area contributed by atoms with E-state index >= 15 is 0 Å². The first-order valence-electron chi connectivity index (χ1n) is 6.27. The van der Waals surface area contributed by atoms with Crippen LogP contribution >= 0.6 is 0 Å². The Labute approximate surface area is 116 Å². The molecule has 0 saturated carbocycles. The molecule has 0 atom stereocenters. The molecule has 1 fully saturated rings. The normalized spacial score (nSPS) is 17.1. The number of ether oxygens (including phenoxy) is 1. The number of carbonyl (C=O) groups excluding carboxylic acids is 1. The molecule has 0 N–H and O–H groups in total. The molecule has 0 spiro atoms. The van der Waals surface area contributed by atoms with Crippen LogP contribution in [0.2, 0.25) is 0 Å². The highest BCUT2D eigenvalue weighted by Gasteiger charge is 2.38. The second-order valence-electron chi connectivity index (χ2n) is 5.25. The van der Waals surface area contributed by atoms with E-state index in [1.54, 1.807) is 24.7 Å². The van der Waals surface area contributed by atoms with Gasteiger partial charge in [0.1, 0.15) is 17.7 Å². The summed E-state index contributed by atoms with van der Waals surface area (Å²) in [5.41, 5.74) is 1.31. The summed E-state index contributed by atoms with van der Waals surface area (Å²) in [4.78, 5) is 25.6. The van der Waals surface area contributed by atoms with Crippen molar-refractivity contribution in [3.8, 4) is 11.1 Å². The van der Waals surface area contributed by atoms with Gasteiger partial charge >= 0.3 is 6.09 Å². The fourth-order valence-electron chi connectivity index (χ4n) is 2.11. The predicted octanol–water partition coefficient (Wildman–Crippen LogP) is 2.27. The summed E-state index contributed by atoms with van der Waals surface area (Å²) >= 11 is 0. The third-order valence-corrected chi connectivity index (χ3v) is 3.04. The van der Waals surface area contributed by atoms with Gasteiger partial charge in [-0.2, -0.15) is 0 Å². The van der Waals surface area contributed by atoms with Crippen molar-refractivity contribution in [2.45, 2.75) is 19.4 Å². The van der Waals surface area contributed by atoms with Crippen LogP contribution in [-0.4, -0.2) is 33.2 Å². The molecule has 3 heterocycles. The smallest absolute Gasteiger partial charge is 0.416 e. The van der Waals surface area contributed by atoms with Gasteiger partial charge in [-0.25, -0.2) is 19.7 Å². The zero-order valence-electron chi connectivity index (χ0n) is 11.3. The van der Waals surface area contributed by atoms with Crippen LogP contribution < -0.4 is 4.90 Å². The van der Waals surface area contributed by atoms with Crippen LogP contribution in [-0.2, 0) is 4.74 Å². The van der Waals surface area contributed by atoms with Crippen LogP contribution in [0.3, 0.4) is 0 Å². The molecule has 0 aliphatic carbocycles. The van der Waals surface area contributed by atoms with Crippen molar-refractivity contribution in [1.29, 1.82) is 0 Å². The molecule has 6 heteroatoms. The summed E-state index contributed by atoms with van der Waals surface area (Å²) in [5.74, 6) is 0.584. The van der Waals surface area contributed by atoms with Gasteiger partial charge in [0.25, 0.3) is 0 Å². The average molecular weight is 270 g/mol. The molecule has 20 heavy (non-hydrogen) atoms. The van der Waals surface area contributed by atoms with E-state index < -0.39 is 5.60 Å². The lowest BCUT2D eigenvalue weighted by atomic mass is 10.1. The number of pyridine rings is 1. The summed E-state index contributed by atoms with van der Waals surface area (Å²) in [5, 5.41) is 0. The molecule has 102 valence electrons. The molecule has 6 nitrogen and oxygen atoms in total. The number of nitrogens with zero attached hydrogens (tertiary/aromatic N) is 4. The van der Waals surface area contributed by atoms with Gasteiger partial charge in [0.05, 0.1) is 6.54 Å². The Morgan fingerprint density at radius 2 is 1.90 bits per heavy atom. The van der Waals surface area contributed by atoms with Crippen molar-refractivity contribution in [2.75, 3.05) is 11.4 Å². The number of cyclic esters (lactones) is 1. The molecule has 1 amide bonds. The van der Waals surface area contributed by atoms with E-state index in [1.165, 1.54) is 11.2 Å². The van der Waals surface area contributed by atoms with E-state index in [4.69, 9.17) is 4.74 Å². The largest absolute Gasteiger partial charge is 0.441 e. The van der Waals surface area contributed by atoms with E-state index in [9.17, 15) is 4.79 Å². The minimum Gasteiger partial charge on any atom is -0.441 e. The lowest BCUT2D eigenvalue weighted by Gasteiger charge is -2.15. The van der Waals surface area contributed by atoms with E-state index in [-0.39, 0.29) is 6.09 Å². The van der Waals surface area contributed by atoms with Crippen LogP contribution in [0.25, 0.3) is 11.1 Å². The number of anilines is 1. The SMILES string of the molecule is CC1(C)CN(c2ccc(-c3cncnc3)cn2)C(=O)O1. The number of rotatable bonds is 2. The summed E-state index contributed by atoms with van der Waals surface area (Å²) in [6.07, 6.45) is 6.26. The Bertz CT molecular complexity index is 625. The Balaban J connectivity index is 1.86. The second kappa shape index (κ2) is 4.56. The first-order valence-corrected chi connectivity index (χ1v) is 6.27. The van der Waals surface area contributed by atoms with Gasteiger partial charge in [0.2, 0.25) is 0 Å². The van der Waals surface area contributed by atoms with Crippen molar-refractivity contribution >= 4 is 11.9 Å². The van der Waals surface area contributed by atoms with Crippen LogP contribution in [0.5, 0.6) is 0 Å². The fraction of sp³-hybridized carbons (Fsp3) is 0.286. The Morgan fingerprint density at radius 1 is 1.15 bits per heavy atom. The summed E-state index contributed by atoms with van der Waals surface area (Å²) < 4.78 is 5.26. The maximum atomic E-state index is 11.8. The van der Waals surface area contributed by atoms with Gasteiger partial charge in [-0.05, 0) is 26.0 Å². The van der Waals surface area contributed by atoms with E-state index in [0.29, 0.717) is 12.4 Å². The van der Waals surface area contributed by atoms with Crippen molar-refractivity contribution in [3.05, 3.63) is 37.1 Å². The van der Waals surface area contributed by atoms with Crippen LogP contribution in [0.15, 0.2) is 37.1 Å². The van der Waals surface area contributed by atoms with Gasteiger partial charge in [0.15, 0.2) is 0 Å². The molecule has 2 aromatic heterocycles. The third kappa shape index (κ3) is 2.32. The monoisotopic (exact) mass is 270 g/mol. The van der Waals surface area contributed by atoms with Crippen LogP contribution in [0.1, 0.15) is 13.8 Å². The van der Waals surface area contributed by atoms with E-state index in [0.717, 1.165) is 11.1 Å². The molecule has 0 aromatic carbocycles. The first-order chi connectivity index (χ1) is 9.55. The molecule has 1 aliphatic heterocycles. The third-order valence-electron chi connectivity index (χ3n) is 3.04. The molecule has 0 unspecified atom stereocenters. The molecule has 0 bridgehead atoms. The summed E-state index contributed by atoms with van der Waals surface area (Å²) in [6.45, 7) is 4.24. The molecule has 1 aliphatic rings. The quantitative estimate of drug-likeness (QED) is 0.837. The van der Waals surface area contributed by atoms with Gasteiger partial charge in [0, 0.05) is 29.7 Å². The van der Waals surface area contributed by atoms with Crippen LogP contribution in [0, 0.1) is 0 Å². The number of hydrogen-bond acceptors (Lipinski definition) is 5. The number of carbonyl (C=O) groups is 1. The van der Waals surface area contributed by atoms with Crippen molar-refractivity contribution in [2.24, 2.45) is 0 Å². The highest BCUT2D eigenvalue weighted by atomic mass is 16.6. The zero-order valence-corrected chi connectivity index (χ0v) is 11.3. The number of hydrogen-bond donors (Lipinski definition) is 0. The number of aromatic nitrogens is 3. The van der Waals surface area contributed by atoms with E-state index in [2.05, 4.69) is 15.0 Å². The summed E-state index contributed by atoms with van der Waals surface area (Å²) in [7, 11) is 0. The highest BCUT2D eigenvalue weighted by Crippen LogP contribution is 2.27. The molecular formula is C14H14N4O2. The molecule has 1 saturated heterocycles. The van der Waals surface area contributed by atoms with Crippen molar-refractivity contribution in [1.82, 2.24) is 15.0 Å². The minimum absolute atomic E-state index is 0.363. The Kier molecular flexibility index (Phi) is 2.85. The molecule has 0 radical (unpaired) electrons. The topological polar surface area (TPSA) is 68.2 Å². The number of amides is 1. The maximum absolute atomic E-state index is 11.8. The average Bonchev–Trinajstić information content (AvgIpc) is 2.73. The Morgan fingerprint density at radius 3 is 2.45 bits per heavy atom. The first kappa shape index (κ1) is 12.5. The molecular weight excluding hydrogens is 256 g/mol. The fourth-order valence-corrected chi connectivity index (χ4v) is 2.11. The second-order valence-corrected chi connectivity index (χ2v) is 5.25. The molecule has 3 rings (SSSR count). The lowest BCUT2D eigenvalue weighted by molar-refractivity contribution is 0.0871. The van der Waals surface area contributed by atoms with Gasteiger partial charge < -0.3 is 4.74 Å². The summed E-state index contributed by atoms with van der Waals surface area (Å²) in [6, 6.07) is 3.69. The Hall–Kier alpha value is -2.50. The maximum Gasteiger partial charge on any atom is 0.416 e. The highest BCUT2D eigenvalue weighted by molar-refractivity contribution is 5.89. The van der Waals surface area contributed by atoms with Crippen molar-refractivity contribution < 1.29 is 9.53 Å². The van der Waals surface area contributed by atoms with Crippen LogP contribution in [0.4, 0.5) is 10.6 Å². The van der Waals surface area contributed by atoms with Gasteiger partial charge in [-0.3, -0.25) is 4.90 Å². The predicted molar refractivity (Wildman–Crippen MR) is 73.2 cm³/mol. The van der Waals surface area contributed by atoms with Gasteiger partial charge in [-0.1, -0.05) is 0 Å². The zero-order chi connectivity index (χ0) is 14.2. The standard InChI is InChI=1S/C14H14N4O2/c1-14(2)8-18(13(19)20-14)12-4-3-10(7-17-12)11-5-15-9-16-6-11/h3-7,9H,8H2,1-2H3. The molecule has 2 aromatic rings. The van der Waals surface area contributed by atoms with Crippen molar-refractivity contribution in [3.63, 3.8) is 0 Å². The van der Waals surface area contributed by atoms with Gasteiger partial charge in [-0.15, -0.1) is 0 Å². The lowest BCUT2D eigenvalue weighted by Crippen LogP contribution is -2.28.